The van der Waals surface area contributed by atoms with E-state index in [0.29, 0.717) is 12.2 Å². The molecule has 0 aliphatic carbocycles. The van der Waals surface area contributed by atoms with Crippen LogP contribution in [0.4, 0.5) is 0 Å². The number of nitrogens with one attached hydrogen (secondary N) is 1. The van der Waals surface area contributed by atoms with Crippen molar-refractivity contribution >= 4 is 5.91 Å². The van der Waals surface area contributed by atoms with Gasteiger partial charge in [0.15, 0.2) is 6.61 Å². The van der Waals surface area contributed by atoms with E-state index in [9.17, 15) is 9.90 Å². The summed E-state index contributed by atoms with van der Waals surface area (Å²) in [5.74, 6) is 0.517. The molecule has 0 saturated carbocycles. The van der Waals surface area contributed by atoms with Crippen molar-refractivity contribution in [2.45, 2.75) is 45.8 Å². The molecule has 0 aliphatic rings. The first-order valence-corrected chi connectivity index (χ1v) is 6.70. The number of hydrogen-bond acceptors (Lipinski definition) is 3. The molecule has 4 nitrogen and oxygen atoms in total. The molecular formula is C15H23NO3. The van der Waals surface area contributed by atoms with Crippen LogP contribution >= 0.6 is 0 Å². The van der Waals surface area contributed by atoms with Gasteiger partial charge < -0.3 is 15.2 Å². The molecular weight excluding hydrogens is 242 g/mol. The lowest BCUT2D eigenvalue weighted by molar-refractivity contribution is -0.123. The largest absolute Gasteiger partial charge is 0.484 e. The van der Waals surface area contributed by atoms with Gasteiger partial charge in [-0.15, -0.1) is 0 Å². The van der Waals surface area contributed by atoms with Gasteiger partial charge in [0.25, 0.3) is 5.91 Å². The summed E-state index contributed by atoms with van der Waals surface area (Å²) in [4.78, 5) is 11.6. The molecule has 0 saturated heterocycles. The van der Waals surface area contributed by atoms with Crippen LogP contribution in [-0.4, -0.2) is 29.8 Å². The van der Waals surface area contributed by atoms with E-state index in [4.69, 9.17) is 4.74 Å². The van der Waals surface area contributed by atoms with Gasteiger partial charge in [-0.2, -0.15) is 0 Å². The van der Waals surface area contributed by atoms with Crippen molar-refractivity contribution in [2.24, 2.45) is 0 Å². The zero-order chi connectivity index (χ0) is 14.3. The average molecular weight is 265 g/mol. The van der Waals surface area contributed by atoms with Crippen LogP contribution in [0.2, 0.25) is 0 Å². The Bertz CT molecular complexity index is 387. The summed E-state index contributed by atoms with van der Waals surface area (Å²) in [6.07, 6.45) is 1.10. The molecule has 106 valence electrons. The maximum Gasteiger partial charge on any atom is 0.258 e. The minimum absolute atomic E-state index is 0.00434. The summed E-state index contributed by atoms with van der Waals surface area (Å²) in [6.45, 7) is 5.65. The second-order valence-corrected chi connectivity index (χ2v) is 4.84. The second-order valence-electron chi connectivity index (χ2n) is 4.84. The van der Waals surface area contributed by atoms with Gasteiger partial charge in [0.05, 0.1) is 6.10 Å². The molecule has 0 aliphatic heterocycles. The van der Waals surface area contributed by atoms with Gasteiger partial charge in [-0.1, -0.05) is 19.1 Å². The number of ether oxygens (including phenoxy) is 1. The van der Waals surface area contributed by atoms with Gasteiger partial charge >= 0.3 is 0 Å². The number of carbonyl (C=O) groups excluding carboxylic acids is 1. The van der Waals surface area contributed by atoms with Crippen molar-refractivity contribution in [3.63, 3.8) is 0 Å². The Kier molecular flexibility index (Phi) is 6.36. The minimum Gasteiger partial charge on any atom is -0.484 e. The van der Waals surface area contributed by atoms with Crippen LogP contribution in [0.25, 0.3) is 0 Å². The van der Waals surface area contributed by atoms with Gasteiger partial charge in [0.2, 0.25) is 0 Å². The van der Waals surface area contributed by atoms with E-state index in [-0.39, 0.29) is 18.6 Å². The number of aliphatic hydroxyl groups is 1. The number of amides is 1. The molecule has 0 spiro atoms. The van der Waals surface area contributed by atoms with Crippen LogP contribution in [0.1, 0.15) is 32.8 Å². The highest BCUT2D eigenvalue weighted by atomic mass is 16.5. The SMILES string of the molecule is CCc1ccc(OCC(=O)NC(C)CC(C)O)cc1. The molecule has 0 aromatic heterocycles. The van der Waals surface area contributed by atoms with Crippen LogP contribution in [0, 0.1) is 0 Å². The van der Waals surface area contributed by atoms with Crippen LogP contribution < -0.4 is 10.1 Å². The molecule has 1 aromatic carbocycles. The first kappa shape index (κ1) is 15.5. The minimum atomic E-state index is -0.419. The molecule has 4 heteroatoms. The van der Waals surface area contributed by atoms with Gasteiger partial charge in [0.1, 0.15) is 5.75 Å². The Morgan fingerprint density at radius 2 is 1.95 bits per heavy atom. The fraction of sp³-hybridized carbons (Fsp3) is 0.533. The van der Waals surface area contributed by atoms with Crippen LogP contribution in [-0.2, 0) is 11.2 Å². The van der Waals surface area contributed by atoms with Gasteiger partial charge in [-0.3, -0.25) is 4.79 Å². The van der Waals surface area contributed by atoms with Crippen molar-refractivity contribution in [1.82, 2.24) is 5.32 Å². The molecule has 0 heterocycles. The smallest absolute Gasteiger partial charge is 0.258 e. The first-order chi connectivity index (χ1) is 9.01. The first-order valence-electron chi connectivity index (χ1n) is 6.70. The van der Waals surface area contributed by atoms with E-state index in [1.54, 1.807) is 6.92 Å². The summed E-state index contributed by atoms with van der Waals surface area (Å²) in [5, 5.41) is 12.0. The average Bonchev–Trinajstić information content (AvgIpc) is 2.36. The molecule has 0 bridgehead atoms. The number of aliphatic hydroxyl groups excluding tert-OH is 1. The third-order valence-corrected chi connectivity index (χ3v) is 2.80. The summed E-state index contributed by atoms with van der Waals surface area (Å²) in [7, 11) is 0. The predicted octanol–water partition coefficient (Wildman–Crippen LogP) is 1.90. The molecule has 1 aromatic rings. The fourth-order valence-corrected chi connectivity index (χ4v) is 1.86. The molecule has 0 radical (unpaired) electrons. The second kappa shape index (κ2) is 7.79. The van der Waals surface area contributed by atoms with E-state index in [1.807, 2.05) is 31.2 Å². The van der Waals surface area contributed by atoms with Crippen molar-refractivity contribution in [2.75, 3.05) is 6.61 Å². The summed E-state index contributed by atoms with van der Waals surface area (Å²) in [5.41, 5.74) is 1.24. The highest BCUT2D eigenvalue weighted by Crippen LogP contribution is 2.12. The van der Waals surface area contributed by atoms with Crippen molar-refractivity contribution in [3.8, 4) is 5.75 Å². The monoisotopic (exact) mass is 265 g/mol. The maximum absolute atomic E-state index is 11.6. The van der Waals surface area contributed by atoms with E-state index < -0.39 is 6.10 Å². The fourth-order valence-electron chi connectivity index (χ4n) is 1.86. The normalized spacial score (nSPS) is 13.7. The standard InChI is InChI=1S/C15H23NO3/c1-4-13-5-7-14(8-6-13)19-10-15(18)16-11(2)9-12(3)17/h5-8,11-12,17H,4,9-10H2,1-3H3,(H,16,18). The van der Waals surface area contributed by atoms with Crippen molar-refractivity contribution in [1.29, 1.82) is 0 Å². The molecule has 1 rings (SSSR count). The Morgan fingerprint density at radius 3 is 2.47 bits per heavy atom. The molecule has 19 heavy (non-hydrogen) atoms. The summed E-state index contributed by atoms with van der Waals surface area (Å²) in [6, 6.07) is 7.65. The third-order valence-electron chi connectivity index (χ3n) is 2.80. The highest BCUT2D eigenvalue weighted by molar-refractivity contribution is 5.77. The quantitative estimate of drug-likeness (QED) is 0.791. The molecule has 1 amide bonds. The van der Waals surface area contributed by atoms with E-state index >= 15 is 0 Å². The summed E-state index contributed by atoms with van der Waals surface area (Å²) >= 11 is 0. The predicted molar refractivity (Wildman–Crippen MR) is 75.2 cm³/mol. The number of benzene rings is 1. The molecule has 0 fully saturated rings. The van der Waals surface area contributed by atoms with Crippen molar-refractivity contribution < 1.29 is 14.6 Å². The Hall–Kier alpha value is -1.55. The van der Waals surface area contributed by atoms with Gasteiger partial charge in [0, 0.05) is 6.04 Å². The lowest BCUT2D eigenvalue weighted by Crippen LogP contribution is -2.37. The van der Waals surface area contributed by atoms with Crippen LogP contribution in [0.5, 0.6) is 5.75 Å². The highest BCUT2D eigenvalue weighted by Gasteiger charge is 2.10. The maximum atomic E-state index is 11.6. The molecule has 2 atom stereocenters. The zero-order valence-electron chi connectivity index (χ0n) is 11.8. The van der Waals surface area contributed by atoms with E-state index in [2.05, 4.69) is 12.2 Å². The Labute approximate surface area is 114 Å². The summed E-state index contributed by atoms with van der Waals surface area (Å²) < 4.78 is 5.40. The van der Waals surface area contributed by atoms with Gasteiger partial charge in [-0.05, 0) is 44.4 Å². The topological polar surface area (TPSA) is 58.6 Å². The van der Waals surface area contributed by atoms with Crippen molar-refractivity contribution in [3.05, 3.63) is 29.8 Å². The number of rotatable bonds is 7. The Balaban J connectivity index is 2.33. The number of hydrogen-bond donors (Lipinski definition) is 2. The Morgan fingerprint density at radius 1 is 1.32 bits per heavy atom. The zero-order valence-corrected chi connectivity index (χ0v) is 11.8. The number of aryl methyl sites for hydroxylation is 1. The lowest BCUT2D eigenvalue weighted by Gasteiger charge is -2.15. The van der Waals surface area contributed by atoms with Crippen LogP contribution in [0.3, 0.4) is 0 Å². The van der Waals surface area contributed by atoms with Crippen LogP contribution in [0.15, 0.2) is 24.3 Å². The van der Waals surface area contributed by atoms with E-state index in [0.717, 1.165) is 6.42 Å². The third kappa shape index (κ3) is 6.25. The number of carbonyl (C=O) groups is 1. The van der Waals surface area contributed by atoms with Gasteiger partial charge in [-0.25, -0.2) is 0 Å². The lowest BCUT2D eigenvalue weighted by atomic mass is 10.1. The molecule has 2 N–H and O–H groups in total. The van der Waals surface area contributed by atoms with E-state index in [1.165, 1.54) is 5.56 Å². The molecule has 2 unspecified atom stereocenters.